The van der Waals surface area contributed by atoms with Gasteiger partial charge in [0.15, 0.2) is 6.61 Å². The van der Waals surface area contributed by atoms with E-state index in [0.29, 0.717) is 23.1 Å². The van der Waals surface area contributed by atoms with E-state index in [2.05, 4.69) is 42.5 Å². The average molecular weight is 407 g/mol. The van der Waals surface area contributed by atoms with Gasteiger partial charge in [-0.05, 0) is 52.4 Å². The van der Waals surface area contributed by atoms with Gasteiger partial charge in [0.2, 0.25) is 0 Å². The van der Waals surface area contributed by atoms with E-state index in [9.17, 15) is 4.79 Å². The van der Waals surface area contributed by atoms with Gasteiger partial charge in [-0.25, -0.2) is 4.79 Å². The van der Waals surface area contributed by atoms with Gasteiger partial charge >= 0.3 is 5.97 Å². The van der Waals surface area contributed by atoms with Gasteiger partial charge in [-0.2, -0.15) is 0 Å². The molecule has 1 aliphatic carbocycles. The molecule has 0 spiro atoms. The molecule has 5 heteroatoms. The maximum Gasteiger partial charge on any atom is 0.341 e. The highest BCUT2D eigenvalue weighted by Gasteiger charge is 2.17. The van der Waals surface area contributed by atoms with Crippen LogP contribution in [-0.4, -0.2) is 24.3 Å². The van der Waals surface area contributed by atoms with Crippen LogP contribution in [0, 0.1) is 0 Å². The molecular formula is C24H19ClO4. The van der Waals surface area contributed by atoms with Crippen molar-refractivity contribution < 1.29 is 19.4 Å². The number of aliphatic carboxylic acids is 1. The van der Waals surface area contributed by atoms with Crippen LogP contribution in [0.1, 0.15) is 16.7 Å². The summed E-state index contributed by atoms with van der Waals surface area (Å²) >= 11 is 6.17. The van der Waals surface area contributed by atoms with E-state index in [1.165, 1.54) is 22.3 Å². The molecule has 3 aromatic rings. The van der Waals surface area contributed by atoms with Gasteiger partial charge < -0.3 is 14.6 Å². The Bertz CT molecular complexity index is 1090. The van der Waals surface area contributed by atoms with Gasteiger partial charge in [0.25, 0.3) is 0 Å². The summed E-state index contributed by atoms with van der Waals surface area (Å²) in [6.07, 6.45) is 4.94. The molecule has 0 aliphatic heterocycles. The first kappa shape index (κ1) is 19.1. The fraction of sp³-hybridized carbons (Fsp3) is 0.125. The molecule has 0 heterocycles. The van der Waals surface area contributed by atoms with Gasteiger partial charge in [0, 0.05) is 6.07 Å². The van der Waals surface area contributed by atoms with Gasteiger partial charge in [0.05, 0.1) is 5.02 Å². The lowest BCUT2D eigenvalue weighted by Crippen LogP contribution is -2.09. The number of carboxylic acids is 1. The van der Waals surface area contributed by atoms with Crippen LogP contribution in [0.15, 0.2) is 66.7 Å². The molecule has 0 atom stereocenters. The molecular weight excluding hydrogens is 388 g/mol. The number of fused-ring (bicyclic) bond motifs is 3. The van der Waals surface area contributed by atoms with Crippen molar-refractivity contribution in [1.29, 1.82) is 0 Å². The number of benzene rings is 3. The highest BCUT2D eigenvalue weighted by atomic mass is 35.5. The zero-order chi connectivity index (χ0) is 20.2. The van der Waals surface area contributed by atoms with Gasteiger partial charge in [0.1, 0.15) is 18.1 Å². The Labute approximate surface area is 174 Å². The molecule has 3 aromatic carbocycles. The Balaban J connectivity index is 1.35. The second-order valence-corrected chi connectivity index (χ2v) is 7.15. The third kappa shape index (κ3) is 4.44. The van der Waals surface area contributed by atoms with E-state index in [0.717, 1.165) is 12.0 Å². The molecule has 0 fully saturated rings. The molecule has 0 unspecified atom stereocenters. The first-order chi connectivity index (χ1) is 14.1. The minimum atomic E-state index is -1.04. The molecule has 0 aromatic heterocycles. The molecule has 0 amide bonds. The van der Waals surface area contributed by atoms with Crippen molar-refractivity contribution in [2.75, 3.05) is 13.2 Å². The topological polar surface area (TPSA) is 55.8 Å². The van der Waals surface area contributed by atoms with Crippen LogP contribution >= 0.6 is 11.6 Å². The van der Waals surface area contributed by atoms with Gasteiger partial charge in [-0.15, -0.1) is 0 Å². The molecule has 29 heavy (non-hydrogen) atoms. The Kier molecular flexibility index (Phi) is 5.54. The third-order valence-electron chi connectivity index (χ3n) is 4.73. The molecule has 4 rings (SSSR count). The van der Waals surface area contributed by atoms with Crippen molar-refractivity contribution in [1.82, 2.24) is 0 Å². The van der Waals surface area contributed by atoms with E-state index in [1.807, 2.05) is 12.2 Å². The monoisotopic (exact) mass is 406 g/mol. The molecule has 1 N–H and O–H groups in total. The van der Waals surface area contributed by atoms with E-state index in [1.54, 1.807) is 18.2 Å². The predicted molar refractivity (Wildman–Crippen MR) is 114 cm³/mol. The third-order valence-corrected chi connectivity index (χ3v) is 5.02. The lowest BCUT2D eigenvalue weighted by Gasteiger charge is -2.08. The fourth-order valence-corrected chi connectivity index (χ4v) is 3.65. The van der Waals surface area contributed by atoms with Crippen LogP contribution in [0.5, 0.6) is 11.5 Å². The van der Waals surface area contributed by atoms with E-state index in [4.69, 9.17) is 26.2 Å². The maximum atomic E-state index is 10.5. The summed E-state index contributed by atoms with van der Waals surface area (Å²) in [5.74, 6) is -0.134. The van der Waals surface area contributed by atoms with Gasteiger partial charge in [-0.3, -0.25) is 0 Å². The molecule has 0 saturated carbocycles. The number of halogens is 1. The number of ether oxygens (including phenoxy) is 2. The van der Waals surface area contributed by atoms with Crippen LogP contribution in [0.4, 0.5) is 0 Å². The zero-order valence-corrected chi connectivity index (χ0v) is 16.4. The Hall–Kier alpha value is -3.24. The molecule has 146 valence electrons. The number of hydrogen-bond donors (Lipinski definition) is 1. The number of carboxylic acid groups (broad SMARTS) is 1. The van der Waals surface area contributed by atoms with Crippen molar-refractivity contribution >= 4 is 23.6 Å². The second kappa shape index (κ2) is 8.41. The van der Waals surface area contributed by atoms with Crippen molar-refractivity contribution in [2.24, 2.45) is 0 Å². The van der Waals surface area contributed by atoms with E-state index < -0.39 is 12.6 Å². The number of hydrogen-bond acceptors (Lipinski definition) is 3. The summed E-state index contributed by atoms with van der Waals surface area (Å²) in [6, 6.07) is 19.9. The standard InChI is InChI=1S/C24H19ClO4/c25-22-14-19(29-15-24(26)27)8-10-23(22)28-11-3-4-16-7-9-21-18(12-16)13-17-5-1-2-6-20(17)21/h1-10,12,14H,11,13,15H2,(H,26,27). The SMILES string of the molecule is O=C(O)COc1ccc(OCC=Cc2ccc3c(c2)Cc2ccccc2-3)c(Cl)c1. The first-order valence-electron chi connectivity index (χ1n) is 9.25. The van der Waals surface area contributed by atoms with Crippen molar-refractivity contribution in [3.8, 4) is 22.6 Å². The molecule has 0 radical (unpaired) electrons. The van der Waals surface area contributed by atoms with Crippen LogP contribution in [0.3, 0.4) is 0 Å². The number of carbonyl (C=O) groups is 1. The fourth-order valence-electron chi connectivity index (χ4n) is 3.42. The van der Waals surface area contributed by atoms with Crippen molar-refractivity contribution in [3.05, 3.63) is 88.5 Å². The lowest BCUT2D eigenvalue weighted by atomic mass is 10.0. The Morgan fingerprint density at radius 2 is 1.83 bits per heavy atom. The second-order valence-electron chi connectivity index (χ2n) is 6.74. The summed E-state index contributed by atoms with van der Waals surface area (Å²) in [6.45, 7) is -0.0442. The highest BCUT2D eigenvalue weighted by Crippen LogP contribution is 2.36. The van der Waals surface area contributed by atoms with E-state index >= 15 is 0 Å². The van der Waals surface area contributed by atoms with Crippen molar-refractivity contribution in [2.45, 2.75) is 6.42 Å². The van der Waals surface area contributed by atoms with E-state index in [-0.39, 0.29) is 0 Å². The lowest BCUT2D eigenvalue weighted by molar-refractivity contribution is -0.139. The summed E-state index contributed by atoms with van der Waals surface area (Å²) < 4.78 is 10.8. The highest BCUT2D eigenvalue weighted by molar-refractivity contribution is 6.32. The molecule has 0 bridgehead atoms. The van der Waals surface area contributed by atoms with Crippen molar-refractivity contribution in [3.63, 3.8) is 0 Å². The largest absolute Gasteiger partial charge is 0.488 e. The summed E-state index contributed by atoms with van der Waals surface area (Å²) in [7, 11) is 0. The predicted octanol–water partition coefficient (Wildman–Crippen LogP) is 5.47. The summed E-state index contributed by atoms with van der Waals surface area (Å²) in [4.78, 5) is 10.5. The Morgan fingerprint density at radius 3 is 2.66 bits per heavy atom. The minimum absolute atomic E-state index is 0.367. The minimum Gasteiger partial charge on any atom is -0.488 e. The smallest absolute Gasteiger partial charge is 0.341 e. The molecule has 0 saturated heterocycles. The normalized spacial score (nSPS) is 11.9. The summed E-state index contributed by atoms with van der Waals surface area (Å²) in [5.41, 5.74) is 6.48. The first-order valence-corrected chi connectivity index (χ1v) is 9.62. The molecule has 4 nitrogen and oxygen atoms in total. The van der Waals surface area contributed by atoms with Crippen LogP contribution in [0.2, 0.25) is 5.02 Å². The number of rotatable bonds is 7. The quantitative estimate of drug-likeness (QED) is 0.442. The maximum absolute atomic E-state index is 10.5. The summed E-state index contributed by atoms with van der Waals surface area (Å²) in [5, 5.41) is 9.01. The van der Waals surface area contributed by atoms with Crippen LogP contribution in [-0.2, 0) is 11.2 Å². The molecule has 1 aliphatic rings. The zero-order valence-electron chi connectivity index (χ0n) is 15.6. The van der Waals surface area contributed by atoms with Crippen LogP contribution in [0.25, 0.3) is 17.2 Å². The van der Waals surface area contributed by atoms with Crippen LogP contribution < -0.4 is 9.47 Å². The van der Waals surface area contributed by atoms with Gasteiger partial charge in [-0.1, -0.05) is 60.1 Å². The Morgan fingerprint density at radius 1 is 1.00 bits per heavy atom. The average Bonchev–Trinajstić information content (AvgIpc) is 3.08.